The molecule has 0 saturated carbocycles. The highest BCUT2D eigenvalue weighted by Gasteiger charge is 2.30. The van der Waals surface area contributed by atoms with Crippen LogP contribution >= 0.6 is 0 Å². The smallest absolute Gasteiger partial charge is 0.337 e. The fraction of sp³-hybridized carbons (Fsp3) is 0.333. The van der Waals surface area contributed by atoms with Gasteiger partial charge in [-0.25, -0.2) is 10.6 Å². The van der Waals surface area contributed by atoms with Crippen LogP contribution < -0.4 is 21.2 Å². The van der Waals surface area contributed by atoms with Gasteiger partial charge in [0.15, 0.2) is 0 Å². The summed E-state index contributed by atoms with van der Waals surface area (Å²) in [5.41, 5.74) is 9.42. The van der Waals surface area contributed by atoms with Gasteiger partial charge in [0.2, 0.25) is 5.91 Å². The molecule has 0 radical (unpaired) electrons. The standard InChI is InChI=1S/C22H26N4O4.C2H6/c1-14(27)25-11-10-21(18-12-16(22(28)30-3)6-9-20(18)25)26(24)13-19(23)15-4-7-17(29-2)8-5-15;1-2/h4-9,12-13,21H,10-11,23-24H2,1-3H3;1-2H3/b19-13-;. The summed E-state index contributed by atoms with van der Waals surface area (Å²) < 4.78 is 10.0. The Bertz CT molecular complexity index is 972. The first-order valence-corrected chi connectivity index (χ1v) is 10.5. The Morgan fingerprint density at radius 2 is 1.72 bits per heavy atom. The molecule has 0 saturated heterocycles. The van der Waals surface area contributed by atoms with Gasteiger partial charge in [0.1, 0.15) is 5.75 Å². The zero-order chi connectivity index (χ0) is 23.8. The van der Waals surface area contributed by atoms with Crippen molar-refractivity contribution in [3.05, 3.63) is 65.4 Å². The van der Waals surface area contributed by atoms with E-state index in [-0.39, 0.29) is 11.9 Å². The molecule has 0 aromatic heterocycles. The van der Waals surface area contributed by atoms with Gasteiger partial charge in [-0.1, -0.05) is 13.8 Å². The minimum Gasteiger partial charge on any atom is -0.497 e. The molecule has 2 aromatic carbocycles. The number of hydrazine groups is 1. The maximum atomic E-state index is 12.1. The van der Waals surface area contributed by atoms with Crippen molar-refractivity contribution in [3.8, 4) is 5.75 Å². The van der Waals surface area contributed by atoms with Crippen molar-refractivity contribution >= 4 is 23.3 Å². The molecule has 0 fully saturated rings. The summed E-state index contributed by atoms with van der Waals surface area (Å²) in [7, 11) is 2.93. The number of carbonyl (C=O) groups excluding carboxylic acids is 2. The lowest BCUT2D eigenvalue weighted by molar-refractivity contribution is -0.116. The lowest BCUT2D eigenvalue weighted by atomic mass is 9.94. The predicted octanol–water partition coefficient (Wildman–Crippen LogP) is 3.44. The molecule has 1 aliphatic rings. The number of esters is 1. The number of carbonyl (C=O) groups is 2. The van der Waals surface area contributed by atoms with Crippen LogP contribution in [0, 0.1) is 0 Å². The van der Waals surface area contributed by atoms with Gasteiger partial charge in [-0.3, -0.25) is 4.79 Å². The lowest BCUT2D eigenvalue weighted by Crippen LogP contribution is -2.41. The Balaban J connectivity index is 0.00000176. The molecule has 1 amide bonds. The van der Waals surface area contributed by atoms with E-state index in [1.165, 1.54) is 19.0 Å². The van der Waals surface area contributed by atoms with Crippen LogP contribution in [0.5, 0.6) is 5.75 Å². The Morgan fingerprint density at radius 1 is 1.09 bits per heavy atom. The first-order chi connectivity index (χ1) is 15.3. The molecule has 8 heteroatoms. The zero-order valence-corrected chi connectivity index (χ0v) is 19.3. The molecule has 0 aliphatic carbocycles. The van der Waals surface area contributed by atoms with Crippen molar-refractivity contribution in [2.24, 2.45) is 11.6 Å². The van der Waals surface area contributed by atoms with Gasteiger partial charge in [-0.05, 0) is 54.4 Å². The normalized spacial score (nSPS) is 15.1. The molecule has 8 nitrogen and oxygen atoms in total. The Morgan fingerprint density at radius 3 is 2.28 bits per heavy atom. The molecule has 3 rings (SSSR count). The van der Waals surface area contributed by atoms with Crippen molar-refractivity contribution in [3.63, 3.8) is 0 Å². The monoisotopic (exact) mass is 440 g/mol. The molecular weight excluding hydrogens is 408 g/mol. The third-order valence-corrected chi connectivity index (χ3v) is 5.18. The van der Waals surface area contributed by atoms with Crippen molar-refractivity contribution in [1.29, 1.82) is 0 Å². The van der Waals surface area contributed by atoms with Gasteiger partial charge in [-0.15, -0.1) is 0 Å². The average molecular weight is 441 g/mol. The second-order valence-electron chi connectivity index (χ2n) is 7.00. The molecule has 1 unspecified atom stereocenters. The van der Waals surface area contributed by atoms with Crippen LogP contribution in [0.2, 0.25) is 0 Å². The van der Waals surface area contributed by atoms with E-state index in [2.05, 4.69) is 0 Å². The topological polar surface area (TPSA) is 111 Å². The van der Waals surface area contributed by atoms with Crippen LogP contribution in [0.3, 0.4) is 0 Å². The number of anilines is 1. The van der Waals surface area contributed by atoms with Crippen LogP contribution in [0.1, 0.15) is 54.7 Å². The van der Waals surface area contributed by atoms with Gasteiger partial charge in [-0.2, -0.15) is 0 Å². The second kappa shape index (κ2) is 11.2. The van der Waals surface area contributed by atoms with Gasteiger partial charge in [0, 0.05) is 30.9 Å². The maximum absolute atomic E-state index is 12.1. The summed E-state index contributed by atoms with van der Waals surface area (Å²) in [5.74, 6) is 6.58. The van der Waals surface area contributed by atoms with Gasteiger partial charge < -0.3 is 25.1 Å². The molecule has 1 aliphatic heterocycles. The average Bonchev–Trinajstić information content (AvgIpc) is 2.83. The molecule has 0 spiro atoms. The van der Waals surface area contributed by atoms with Crippen molar-refractivity contribution in [1.82, 2.24) is 5.01 Å². The van der Waals surface area contributed by atoms with E-state index >= 15 is 0 Å². The molecule has 1 heterocycles. The number of nitrogens with two attached hydrogens (primary N) is 2. The molecule has 32 heavy (non-hydrogen) atoms. The highest BCUT2D eigenvalue weighted by molar-refractivity contribution is 5.95. The number of benzene rings is 2. The number of amides is 1. The number of ether oxygens (including phenoxy) is 2. The van der Waals surface area contributed by atoms with Crippen molar-refractivity contribution < 1.29 is 19.1 Å². The highest BCUT2D eigenvalue weighted by Crippen LogP contribution is 2.37. The third kappa shape index (κ3) is 5.39. The van der Waals surface area contributed by atoms with Crippen LogP contribution in [-0.4, -0.2) is 37.6 Å². The summed E-state index contributed by atoms with van der Waals surface area (Å²) in [6.45, 7) is 6.02. The highest BCUT2D eigenvalue weighted by atomic mass is 16.5. The Labute approximate surface area is 189 Å². The van der Waals surface area contributed by atoms with E-state index < -0.39 is 5.97 Å². The van der Waals surface area contributed by atoms with E-state index in [1.807, 2.05) is 38.1 Å². The fourth-order valence-corrected chi connectivity index (χ4v) is 3.58. The van der Waals surface area contributed by atoms with Crippen LogP contribution in [-0.2, 0) is 9.53 Å². The van der Waals surface area contributed by atoms with E-state index in [0.29, 0.717) is 24.2 Å². The molecule has 0 bridgehead atoms. The van der Waals surface area contributed by atoms with E-state index in [0.717, 1.165) is 22.6 Å². The number of hydrogen-bond donors (Lipinski definition) is 2. The van der Waals surface area contributed by atoms with E-state index in [4.69, 9.17) is 21.1 Å². The minimum absolute atomic E-state index is 0.0719. The number of hydrogen-bond acceptors (Lipinski definition) is 7. The SMILES string of the molecule is CC.COC(=O)c1ccc2c(c1)C(N(N)/C=C(\N)c1ccc(OC)cc1)CCN2C(C)=O. The van der Waals surface area contributed by atoms with Gasteiger partial charge in [0.25, 0.3) is 0 Å². The summed E-state index contributed by atoms with van der Waals surface area (Å²) in [4.78, 5) is 25.8. The first kappa shape index (κ1) is 24.7. The fourth-order valence-electron chi connectivity index (χ4n) is 3.58. The third-order valence-electron chi connectivity index (χ3n) is 5.18. The summed E-state index contributed by atoms with van der Waals surface area (Å²) >= 11 is 0. The van der Waals surface area contributed by atoms with Crippen molar-refractivity contribution in [2.45, 2.75) is 33.2 Å². The van der Waals surface area contributed by atoms with Crippen LogP contribution in [0.4, 0.5) is 5.69 Å². The molecular formula is C24H32N4O4. The number of methoxy groups -OCH3 is 2. The zero-order valence-electron chi connectivity index (χ0n) is 19.3. The quantitative estimate of drug-likeness (QED) is 0.416. The molecule has 2 aromatic rings. The predicted molar refractivity (Wildman–Crippen MR) is 126 cm³/mol. The van der Waals surface area contributed by atoms with Crippen molar-refractivity contribution in [2.75, 3.05) is 25.7 Å². The molecule has 172 valence electrons. The summed E-state index contributed by atoms with van der Waals surface area (Å²) in [6, 6.07) is 12.2. The molecule has 4 N–H and O–H groups in total. The van der Waals surface area contributed by atoms with E-state index in [9.17, 15) is 9.59 Å². The Hall–Kier alpha value is -3.52. The van der Waals surface area contributed by atoms with Gasteiger partial charge in [0.05, 0.1) is 31.5 Å². The number of nitrogens with zero attached hydrogens (tertiary/aromatic N) is 2. The maximum Gasteiger partial charge on any atom is 0.337 e. The summed E-state index contributed by atoms with van der Waals surface area (Å²) in [6.07, 6.45) is 2.24. The number of fused-ring (bicyclic) bond motifs is 1. The molecule has 1 atom stereocenters. The van der Waals surface area contributed by atoms with Crippen LogP contribution in [0.15, 0.2) is 48.7 Å². The lowest BCUT2D eigenvalue weighted by Gasteiger charge is -2.37. The summed E-state index contributed by atoms with van der Waals surface area (Å²) in [5, 5.41) is 1.52. The number of rotatable bonds is 5. The second-order valence-corrected chi connectivity index (χ2v) is 7.00. The largest absolute Gasteiger partial charge is 0.497 e. The Kier molecular flexibility index (Phi) is 8.66. The van der Waals surface area contributed by atoms with E-state index in [1.54, 1.807) is 36.4 Å². The van der Waals surface area contributed by atoms with Gasteiger partial charge >= 0.3 is 5.97 Å². The van der Waals surface area contributed by atoms with Crippen LogP contribution in [0.25, 0.3) is 5.70 Å². The first-order valence-electron chi connectivity index (χ1n) is 10.5. The minimum atomic E-state index is -0.451.